The monoisotopic (exact) mass is 420 g/mol. The molecule has 2 N–H and O–H groups in total. The molecule has 0 radical (unpaired) electrons. The Bertz CT molecular complexity index is 903. The van der Waals surface area contributed by atoms with Crippen molar-refractivity contribution in [3.05, 3.63) is 59.7 Å². The van der Waals surface area contributed by atoms with Crippen LogP contribution in [0.25, 0.3) is 0 Å². The third-order valence-electron chi connectivity index (χ3n) is 3.90. The van der Waals surface area contributed by atoms with Crippen LogP contribution in [0.4, 0.5) is 14.5 Å². The minimum absolute atomic E-state index is 0.137. The number of anilines is 1. The topological polar surface area (TPSA) is 93.7 Å². The van der Waals surface area contributed by atoms with Gasteiger partial charge in [0.05, 0.1) is 18.6 Å². The van der Waals surface area contributed by atoms with Gasteiger partial charge in [-0.3, -0.25) is 14.4 Å². The van der Waals surface area contributed by atoms with Crippen molar-refractivity contribution in [3.63, 3.8) is 0 Å². The molecule has 0 saturated carbocycles. The minimum atomic E-state index is -1.06. The number of amides is 2. The molecule has 2 rings (SSSR count). The molecule has 0 fully saturated rings. The highest BCUT2D eigenvalue weighted by molar-refractivity contribution is 5.95. The molecule has 160 valence electrons. The van der Waals surface area contributed by atoms with E-state index in [2.05, 4.69) is 10.6 Å². The number of carbonyl (C=O) groups excluding carboxylic acids is 3. The van der Waals surface area contributed by atoms with Gasteiger partial charge in [0.15, 0.2) is 6.10 Å². The number of rotatable bonds is 9. The number of hydrogen-bond donors (Lipinski definition) is 2. The fraction of sp³-hybridized carbons (Fsp3) is 0.286. The Balaban J connectivity index is 1.75. The Hall–Kier alpha value is -3.49. The van der Waals surface area contributed by atoms with Crippen molar-refractivity contribution in [1.82, 2.24) is 5.32 Å². The van der Waals surface area contributed by atoms with Crippen LogP contribution in [0.5, 0.6) is 5.75 Å². The summed E-state index contributed by atoms with van der Waals surface area (Å²) >= 11 is 0. The summed E-state index contributed by atoms with van der Waals surface area (Å²) in [5.41, 5.74) is 0.174. The highest BCUT2D eigenvalue weighted by atomic mass is 19.1. The van der Waals surface area contributed by atoms with Gasteiger partial charge in [0.25, 0.3) is 11.8 Å². The van der Waals surface area contributed by atoms with Crippen LogP contribution in [0.3, 0.4) is 0 Å². The second-order valence-corrected chi connectivity index (χ2v) is 6.21. The molecule has 2 aromatic carbocycles. The number of ether oxygens (including phenoxy) is 2. The zero-order valence-electron chi connectivity index (χ0n) is 16.5. The zero-order valence-corrected chi connectivity index (χ0v) is 16.5. The molecule has 0 spiro atoms. The number of benzene rings is 2. The molecule has 0 aliphatic heterocycles. The van der Waals surface area contributed by atoms with E-state index >= 15 is 0 Å². The first-order valence-corrected chi connectivity index (χ1v) is 9.26. The van der Waals surface area contributed by atoms with Crippen LogP contribution < -0.4 is 15.4 Å². The van der Waals surface area contributed by atoms with E-state index in [-0.39, 0.29) is 18.5 Å². The highest BCUT2D eigenvalue weighted by Gasteiger charge is 2.18. The van der Waals surface area contributed by atoms with Gasteiger partial charge >= 0.3 is 5.97 Å². The molecular formula is C21H22F2N2O5. The first-order valence-electron chi connectivity index (χ1n) is 9.26. The second kappa shape index (κ2) is 10.9. The summed E-state index contributed by atoms with van der Waals surface area (Å²) in [6, 6.07) is 9.25. The molecule has 0 aliphatic rings. The van der Waals surface area contributed by atoms with Crippen molar-refractivity contribution < 1.29 is 32.6 Å². The van der Waals surface area contributed by atoms with Crippen molar-refractivity contribution in [3.8, 4) is 5.75 Å². The molecule has 7 nitrogen and oxygen atoms in total. The number of halogens is 2. The van der Waals surface area contributed by atoms with Crippen molar-refractivity contribution in [1.29, 1.82) is 0 Å². The third-order valence-corrected chi connectivity index (χ3v) is 3.90. The molecular weight excluding hydrogens is 398 g/mol. The predicted octanol–water partition coefficient (Wildman–Crippen LogP) is 3.05. The molecule has 0 saturated heterocycles. The maximum Gasteiger partial charge on any atom is 0.308 e. The summed E-state index contributed by atoms with van der Waals surface area (Å²) in [4.78, 5) is 35.8. The van der Waals surface area contributed by atoms with E-state index in [9.17, 15) is 23.2 Å². The number of carbonyl (C=O) groups is 3. The van der Waals surface area contributed by atoms with Gasteiger partial charge in [-0.15, -0.1) is 0 Å². The average Bonchev–Trinajstić information content (AvgIpc) is 2.69. The molecule has 30 heavy (non-hydrogen) atoms. The van der Waals surface area contributed by atoms with E-state index in [1.807, 2.05) is 6.92 Å². The number of nitrogens with one attached hydrogen (secondary N) is 2. The van der Waals surface area contributed by atoms with Crippen molar-refractivity contribution in [2.75, 3.05) is 18.5 Å². The predicted molar refractivity (Wildman–Crippen MR) is 105 cm³/mol. The molecule has 0 aliphatic carbocycles. The Morgan fingerprint density at radius 2 is 1.77 bits per heavy atom. The lowest BCUT2D eigenvalue weighted by molar-refractivity contribution is -0.153. The summed E-state index contributed by atoms with van der Waals surface area (Å²) < 4.78 is 36.7. The van der Waals surface area contributed by atoms with Crippen LogP contribution >= 0.6 is 0 Å². The number of hydrogen-bond acceptors (Lipinski definition) is 5. The molecule has 0 bridgehead atoms. The smallest absolute Gasteiger partial charge is 0.308 e. The Labute approximate surface area is 172 Å². The van der Waals surface area contributed by atoms with Crippen LogP contribution in [-0.2, 0) is 14.3 Å². The molecule has 2 amide bonds. The Kier molecular flexibility index (Phi) is 8.28. The normalized spacial score (nSPS) is 11.3. The van der Waals surface area contributed by atoms with Gasteiger partial charge in [-0.05, 0) is 50.2 Å². The maximum absolute atomic E-state index is 13.5. The van der Waals surface area contributed by atoms with E-state index in [0.717, 1.165) is 12.1 Å². The zero-order chi connectivity index (χ0) is 22.1. The standard InChI is InChI=1S/C21H22F2N2O5/c1-3-29-16-7-5-15(6-8-16)25-20(27)13(2)30-19(26)10-11-24-21(28)17-9-4-14(22)12-18(17)23/h4-9,12-13H,3,10-11H2,1-2H3,(H,24,28)(H,25,27). The molecule has 0 heterocycles. The van der Waals surface area contributed by atoms with Gasteiger partial charge in [-0.2, -0.15) is 0 Å². The van der Waals surface area contributed by atoms with Crippen LogP contribution in [0.2, 0.25) is 0 Å². The molecule has 2 aromatic rings. The van der Waals surface area contributed by atoms with Crippen molar-refractivity contribution in [2.45, 2.75) is 26.4 Å². The van der Waals surface area contributed by atoms with Crippen LogP contribution in [-0.4, -0.2) is 37.0 Å². The molecule has 0 aromatic heterocycles. The van der Waals surface area contributed by atoms with E-state index in [0.29, 0.717) is 24.1 Å². The van der Waals surface area contributed by atoms with Gasteiger partial charge in [0.2, 0.25) is 0 Å². The van der Waals surface area contributed by atoms with Crippen LogP contribution in [0.15, 0.2) is 42.5 Å². The quantitative estimate of drug-likeness (QED) is 0.608. The third kappa shape index (κ3) is 6.84. The fourth-order valence-electron chi connectivity index (χ4n) is 2.40. The first-order chi connectivity index (χ1) is 14.3. The summed E-state index contributed by atoms with van der Waals surface area (Å²) in [7, 11) is 0. The van der Waals surface area contributed by atoms with Crippen molar-refractivity contribution in [2.24, 2.45) is 0 Å². The molecule has 1 atom stereocenters. The summed E-state index contributed by atoms with van der Waals surface area (Å²) in [5, 5.41) is 4.94. The van der Waals surface area contributed by atoms with Crippen LogP contribution in [0.1, 0.15) is 30.6 Å². The summed E-state index contributed by atoms with van der Waals surface area (Å²) in [6.07, 6.45) is -1.29. The number of esters is 1. The summed E-state index contributed by atoms with van der Waals surface area (Å²) in [6.45, 7) is 3.66. The van der Waals surface area contributed by atoms with E-state index in [1.54, 1.807) is 24.3 Å². The van der Waals surface area contributed by atoms with Gasteiger partial charge in [0, 0.05) is 18.3 Å². The SMILES string of the molecule is CCOc1ccc(NC(=O)C(C)OC(=O)CCNC(=O)c2ccc(F)cc2F)cc1. The van der Waals surface area contributed by atoms with Gasteiger partial charge in [-0.25, -0.2) is 8.78 Å². The lowest BCUT2D eigenvalue weighted by atomic mass is 10.2. The Morgan fingerprint density at radius 3 is 2.40 bits per heavy atom. The lowest BCUT2D eigenvalue weighted by Gasteiger charge is -2.14. The first kappa shape index (κ1) is 22.8. The van der Waals surface area contributed by atoms with E-state index in [4.69, 9.17) is 9.47 Å². The Morgan fingerprint density at radius 1 is 1.07 bits per heavy atom. The van der Waals surface area contributed by atoms with E-state index < -0.39 is 35.5 Å². The lowest BCUT2D eigenvalue weighted by Crippen LogP contribution is -2.32. The average molecular weight is 420 g/mol. The highest BCUT2D eigenvalue weighted by Crippen LogP contribution is 2.16. The largest absolute Gasteiger partial charge is 0.494 e. The fourth-order valence-corrected chi connectivity index (χ4v) is 2.40. The second-order valence-electron chi connectivity index (χ2n) is 6.21. The van der Waals surface area contributed by atoms with Gasteiger partial charge < -0.3 is 20.1 Å². The molecule has 9 heteroatoms. The van der Waals surface area contributed by atoms with Gasteiger partial charge in [-0.1, -0.05) is 0 Å². The van der Waals surface area contributed by atoms with E-state index in [1.165, 1.54) is 6.92 Å². The summed E-state index contributed by atoms with van der Waals surface area (Å²) in [5.74, 6) is -3.17. The minimum Gasteiger partial charge on any atom is -0.494 e. The van der Waals surface area contributed by atoms with Crippen molar-refractivity contribution >= 4 is 23.5 Å². The molecule has 1 unspecified atom stereocenters. The maximum atomic E-state index is 13.5. The van der Waals surface area contributed by atoms with Gasteiger partial charge in [0.1, 0.15) is 17.4 Å². The van der Waals surface area contributed by atoms with Crippen LogP contribution in [0, 0.1) is 11.6 Å².